The minimum Gasteiger partial charge on any atom is -0.494 e. The molecule has 0 radical (unpaired) electrons. The third-order valence-electron chi connectivity index (χ3n) is 4.14. The van der Waals surface area contributed by atoms with Crippen LogP contribution in [0.2, 0.25) is 0 Å². The fourth-order valence-electron chi connectivity index (χ4n) is 2.93. The van der Waals surface area contributed by atoms with Gasteiger partial charge in [-0.3, -0.25) is 0 Å². The van der Waals surface area contributed by atoms with Crippen LogP contribution in [0.4, 0.5) is 0 Å². The standard InChI is InChI=1S/C19H18N4O4S/c1-3-26-14-10-8-13(9-11-14)18-21-17(27-22-18)12-23-16-7-5-4-6-15(16)20-19(23)28(2,24)25/h4-11H,3,12H2,1-2H3. The minimum absolute atomic E-state index is 0.0329. The molecule has 4 rings (SSSR count). The first kappa shape index (κ1) is 18.2. The number of benzene rings is 2. The van der Waals surface area contributed by atoms with Crippen LogP contribution in [0.5, 0.6) is 5.75 Å². The van der Waals surface area contributed by atoms with E-state index in [-0.39, 0.29) is 17.6 Å². The van der Waals surface area contributed by atoms with Gasteiger partial charge in [-0.2, -0.15) is 4.98 Å². The Morgan fingerprint density at radius 3 is 2.54 bits per heavy atom. The Kier molecular flexibility index (Phi) is 4.60. The molecular weight excluding hydrogens is 380 g/mol. The SMILES string of the molecule is CCOc1ccc(-c2noc(Cn3c(S(C)(=O)=O)nc4ccccc43)n2)cc1. The maximum absolute atomic E-state index is 12.2. The van der Waals surface area contributed by atoms with Gasteiger partial charge in [0.2, 0.25) is 26.7 Å². The van der Waals surface area contributed by atoms with E-state index in [1.807, 2.05) is 43.3 Å². The summed E-state index contributed by atoms with van der Waals surface area (Å²) in [5.41, 5.74) is 2.05. The molecule has 28 heavy (non-hydrogen) atoms. The lowest BCUT2D eigenvalue weighted by Gasteiger charge is -2.04. The Labute approximate surface area is 161 Å². The van der Waals surface area contributed by atoms with Crippen molar-refractivity contribution in [2.45, 2.75) is 18.6 Å². The van der Waals surface area contributed by atoms with Gasteiger partial charge in [0.1, 0.15) is 12.3 Å². The normalized spacial score (nSPS) is 11.8. The molecule has 0 aliphatic rings. The number of rotatable bonds is 6. The highest BCUT2D eigenvalue weighted by Gasteiger charge is 2.21. The summed E-state index contributed by atoms with van der Waals surface area (Å²) >= 11 is 0. The number of fused-ring (bicyclic) bond motifs is 1. The Morgan fingerprint density at radius 2 is 1.82 bits per heavy atom. The van der Waals surface area contributed by atoms with Crippen molar-refractivity contribution in [2.75, 3.05) is 12.9 Å². The molecule has 0 spiro atoms. The summed E-state index contributed by atoms with van der Waals surface area (Å²) in [5, 5.41) is 3.97. The van der Waals surface area contributed by atoms with Gasteiger partial charge in [0.25, 0.3) is 0 Å². The zero-order valence-corrected chi connectivity index (χ0v) is 16.2. The van der Waals surface area contributed by atoms with Crippen molar-refractivity contribution in [3.05, 3.63) is 54.4 Å². The van der Waals surface area contributed by atoms with E-state index in [9.17, 15) is 8.42 Å². The van der Waals surface area contributed by atoms with Crippen LogP contribution in [0.1, 0.15) is 12.8 Å². The van der Waals surface area contributed by atoms with Crippen LogP contribution in [0.15, 0.2) is 58.2 Å². The Bertz CT molecular complexity index is 1230. The highest BCUT2D eigenvalue weighted by Crippen LogP contribution is 2.23. The van der Waals surface area contributed by atoms with Gasteiger partial charge < -0.3 is 13.8 Å². The largest absolute Gasteiger partial charge is 0.494 e. The van der Waals surface area contributed by atoms with Crippen molar-refractivity contribution in [2.24, 2.45) is 0 Å². The van der Waals surface area contributed by atoms with E-state index in [2.05, 4.69) is 15.1 Å². The van der Waals surface area contributed by atoms with Crippen molar-refractivity contribution < 1.29 is 17.7 Å². The van der Waals surface area contributed by atoms with Gasteiger partial charge in [0.05, 0.1) is 17.6 Å². The number of ether oxygens (including phenoxy) is 1. The molecule has 2 aromatic carbocycles. The lowest BCUT2D eigenvalue weighted by molar-refractivity contribution is 0.340. The summed E-state index contributed by atoms with van der Waals surface area (Å²) in [7, 11) is -3.52. The molecule has 0 saturated heterocycles. The van der Waals surface area contributed by atoms with Crippen molar-refractivity contribution in [3.63, 3.8) is 0 Å². The van der Waals surface area contributed by atoms with Gasteiger partial charge in [-0.15, -0.1) is 0 Å². The van der Waals surface area contributed by atoms with Gasteiger partial charge in [-0.25, -0.2) is 13.4 Å². The third-order valence-corrected chi connectivity index (χ3v) is 5.11. The highest BCUT2D eigenvalue weighted by atomic mass is 32.2. The summed E-state index contributed by atoms with van der Waals surface area (Å²) in [5.74, 6) is 1.47. The molecule has 8 nitrogen and oxygen atoms in total. The summed E-state index contributed by atoms with van der Waals surface area (Å²) in [6.07, 6.45) is 1.13. The number of imidazole rings is 1. The minimum atomic E-state index is -3.52. The van der Waals surface area contributed by atoms with E-state index in [1.165, 1.54) is 0 Å². The Hall–Kier alpha value is -3.20. The average Bonchev–Trinajstić information content (AvgIpc) is 3.28. The molecule has 0 amide bonds. The number of para-hydroxylation sites is 2. The van der Waals surface area contributed by atoms with Crippen molar-refractivity contribution in [1.29, 1.82) is 0 Å². The predicted octanol–water partition coefficient (Wildman–Crippen LogP) is 2.94. The molecule has 0 N–H and O–H groups in total. The van der Waals surface area contributed by atoms with Crippen molar-refractivity contribution in [1.82, 2.24) is 19.7 Å². The van der Waals surface area contributed by atoms with Crippen LogP contribution >= 0.6 is 0 Å². The molecule has 0 saturated carbocycles. The Balaban J connectivity index is 1.68. The van der Waals surface area contributed by atoms with Crippen LogP contribution < -0.4 is 4.74 Å². The number of hydrogen-bond acceptors (Lipinski definition) is 7. The van der Waals surface area contributed by atoms with E-state index in [1.54, 1.807) is 16.7 Å². The average molecular weight is 398 g/mol. The maximum atomic E-state index is 12.2. The van der Waals surface area contributed by atoms with Gasteiger partial charge in [-0.05, 0) is 43.3 Å². The molecular formula is C19H18N4O4S. The second kappa shape index (κ2) is 7.08. The van der Waals surface area contributed by atoms with Gasteiger partial charge in [0.15, 0.2) is 0 Å². The van der Waals surface area contributed by atoms with Crippen LogP contribution in [0.25, 0.3) is 22.4 Å². The smallest absolute Gasteiger partial charge is 0.246 e. The highest BCUT2D eigenvalue weighted by molar-refractivity contribution is 7.90. The first-order chi connectivity index (χ1) is 13.5. The number of nitrogens with zero attached hydrogens (tertiary/aromatic N) is 4. The van der Waals surface area contributed by atoms with Crippen LogP contribution in [-0.2, 0) is 16.4 Å². The lowest BCUT2D eigenvalue weighted by Crippen LogP contribution is -2.10. The second-order valence-corrected chi connectivity index (χ2v) is 8.12. The molecule has 0 aliphatic heterocycles. The molecule has 144 valence electrons. The second-order valence-electron chi connectivity index (χ2n) is 6.21. The van der Waals surface area contributed by atoms with E-state index in [4.69, 9.17) is 9.26 Å². The monoisotopic (exact) mass is 398 g/mol. The fourth-order valence-corrected chi connectivity index (χ4v) is 3.76. The third kappa shape index (κ3) is 3.48. The lowest BCUT2D eigenvalue weighted by atomic mass is 10.2. The Morgan fingerprint density at radius 1 is 1.07 bits per heavy atom. The molecule has 2 aromatic heterocycles. The van der Waals surface area contributed by atoms with E-state index < -0.39 is 9.84 Å². The van der Waals surface area contributed by atoms with Crippen molar-refractivity contribution in [3.8, 4) is 17.1 Å². The van der Waals surface area contributed by atoms with Gasteiger partial charge >= 0.3 is 0 Å². The fraction of sp³-hybridized carbons (Fsp3) is 0.211. The number of aromatic nitrogens is 4. The van der Waals surface area contributed by atoms with Crippen LogP contribution in [-0.4, -0.2) is 41.0 Å². The number of hydrogen-bond donors (Lipinski definition) is 0. The molecule has 9 heteroatoms. The van der Waals surface area contributed by atoms with E-state index in [0.717, 1.165) is 17.6 Å². The molecule has 0 unspecified atom stereocenters. The number of sulfone groups is 1. The van der Waals surface area contributed by atoms with Crippen molar-refractivity contribution >= 4 is 20.9 Å². The molecule has 0 aliphatic carbocycles. The zero-order chi connectivity index (χ0) is 19.7. The molecule has 0 bridgehead atoms. The van der Waals surface area contributed by atoms with E-state index >= 15 is 0 Å². The summed E-state index contributed by atoms with van der Waals surface area (Å²) in [6.45, 7) is 2.62. The first-order valence-electron chi connectivity index (χ1n) is 8.67. The zero-order valence-electron chi connectivity index (χ0n) is 15.4. The van der Waals surface area contributed by atoms with E-state index in [0.29, 0.717) is 23.5 Å². The van der Waals surface area contributed by atoms with Crippen LogP contribution in [0, 0.1) is 0 Å². The summed E-state index contributed by atoms with van der Waals surface area (Å²) in [4.78, 5) is 8.64. The summed E-state index contributed by atoms with van der Waals surface area (Å²) in [6, 6.07) is 14.6. The van der Waals surface area contributed by atoms with Gasteiger partial charge in [-0.1, -0.05) is 17.3 Å². The first-order valence-corrected chi connectivity index (χ1v) is 10.6. The molecule has 0 fully saturated rings. The molecule has 4 aromatic rings. The van der Waals surface area contributed by atoms with Gasteiger partial charge in [0, 0.05) is 11.8 Å². The summed E-state index contributed by atoms with van der Waals surface area (Å²) < 4.78 is 36.7. The predicted molar refractivity (Wildman–Crippen MR) is 103 cm³/mol. The molecule has 0 atom stereocenters. The molecule has 2 heterocycles. The quantitative estimate of drug-likeness (QED) is 0.492. The topological polar surface area (TPSA) is 100 Å². The van der Waals surface area contributed by atoms with Crippen LogP contribution in [0.3, 0.4) is 0 Å². The maximum Gasteiger partial charge on any atom is 0.246 e.